The molecule has 0 amide bonds. The second kappa shape index (κ2) is 5.39. The van der Waals surface area contributed by atoms with Gasteiger partial charge in [-0.1, -0.05) is 13.3 Å². The predicted octanol–water partition coefficient (Wildman–Crippen LogP) is 2.95. The van der Waals surface area contributed by atoms with Crippen LogP contribution in [0, 0.1) is 0 Å². The summed E-state index contributed by atoms with van der Waals surface area (Å²) in [6, 6.07) is 0. The molecule has 0 unspecified atom stereocenters. The summed E-state index contributed by atoms with van der Waals surface area (Å²) in [5.41, 5.74) is -0.0480. The van der Waals surface area contributed by atoms with E-state index in [-0.39, 0.29) is 5.54 Å². The summed E-state index contributed by atoms with van der Waals surface area (Å²) in [7, 11) is 0. The quantitative estimate of drug-likeness (QED) is 0.815. The van der Waals surface area contributed by atoms with Gasteiger partial charge in [0.25, 0.3) is 0 Å². The maximum absolute atomic E-state index is 12.5. The predicted molar refractivity (Wildman–Crippen MR) is 59.3 cm³/mol. The van der Waals surface area contributed by atoms with E-state index >= 15 is 0 Å². The van der Waals surface area contributed by atoms with E-state index in [2.05, 4.69) is 31.1 Å². The summed E-state index contributed by atoms with van der Waals surface area (Å²) in [4.78, 5) is 3.92. The summed E-state index contributed by atoms with van der Waals surface area (Å²) in [6.07, 6.45) is 4.76. The Balaban J connectivity index is 2.57. The highest BCUT2D eigenvalue weighted by molar-refractivity contribution is 4.94. The maximum atomic E-state index is 12.5. The summed E-state index contributed by atoms with van der Waals surface area (Å²) in [6.45, 7) is 4.07. The number of halogens is 2. The van der Waals surface area contributed by atoms with E-state index in [1.807, 2.05) is 0 Å². The van der Waals surface area contributed by atoms with Crippen molar-refractivity contribution in [2.45, 2.75) is 52.2 Å². The van der Waals surface area contributed by atoms with Crippen molar-refractivity contribution in [2.75, 3.05) is 0 Å². The fraction of sp³-hybridized carbons (Fsp3) is 0.727. The number of rotatable bonds is 6. The normalized spacial score (nSPS) is 12.4. The molecular formula is C11H19F2N3. The van der Waals surface area contributed by atoms with Crippen molar-refractivity contribution in [3.05, 3.63) is 18.2 Å². The van der Waals surface area contributed by atoms with Gasteiger partial charge in [0.2, 0.25) is 0 Å². The molecule has 5 heteroatoms. The third kappa shape index (κ3) is 3.56. The Labute approximate surface area is 94.9 Å². The number of imidazole rings is 1. The second-order valence-corrected chi connectivity index (χ2v) is 4.52. The molecule has 0 atom stereocenters. The molecule has 0 aliphatic carbocycles. The van der Waals surface area contributed by atoms with Crippen molar-refractivity contribution in [3.63, 3.8) is 0 Å². The molecule has 0 fully saturated rings. The van der Waals surface area contributed by atoms with Crippen LogP contribution >= 0.6 is 0 Å². The van der Waals surface area contributed by atoms with Gasteiger partial charge in [-0.3, -0.25) is 4.57 Å². The number of alkyl halides is 2. The van der Waals surface area contributed by atoms with Crippen molar-refractivity contribution < 1.29 is 8.78 Å². The molecule has 0 bridgehead atoms. The molecule has 0 aliphatic heterocycles. The second-order valence-electron chi connectivity index (χ2n) is 4.52. The van der Waals surface area contributed by atoms with Gasteiger partial charge in [0.1, 0.15) is 5.82 Å². The van der Waals surface area contributed by atoms with Crippen molar-refractivity contribution in [1.29, 1.82) is 0 Å². The highest BCUT2D eigenvalue weighted by Gasteiger charge is 2.18. The van der Waals surface area contributed by atoms with Gasteiger partial charge in [0.05, 0.1) is 6.54 Å². The Bertz CT molecular complexity index is 321. The van der Waals surface area contributed by atoms with Gasteiger partial charge >= 0.3 is 6.55 Å². The van der Waals surface area contributed by atoms with Gasteiger partial charge < -0.3 is 5.32 Å². The fourth-order valence-corrected chi connectivity index (χ4v) is 1.69. The van der Waals surface area contributed by atoms with Crippen LogP contribution in [0.4, 0.5) is 8.78 Å². The van der Waals surface area contributed by atoms with E-state index in [4.69, 9.17) is 0 Å². The highest BCUT2D eigenvalue weighted by atomic mass is 19.3. The van der Waals surface area contributed by atoms with Gasteiger partial charge in [-0.25, -0.2) is 4.98 Å². The zero-order chi connectivity index (χ0) is 12.2. The molecule has 0 spiro atoms. The fourth-order valence-electron chi connectivity index (χ4n) is 1.69. The molecule has 1 aromatic heterocycles. The molecule has 0 saturated heterocycles. The van der Waals surface area contributed by atoms with Crippen molar-refractivity contribution in [2.24, 2.45) is 0 Å². The zero-order valence-corrected chi connectivity index (χ0v) is 10.0. The van der Waals surface area contributed by atoms with Crippen LogP contribution in [0.5, 0.6) is 0 Å². The smallest absolute Gasteiger partial charge is 0.305 e. The average molecular weight is 231 g/mol. The lowest BCUT2D eigenvalue weighted by Gasteiger charge is -2.25. The van der Waals surface area contributed by atoms with Gasteiger partial charge in [0, 0.05) is 17.9 Å². The average Bonchev–Trinajstić information content (AvgIpc) is 2.62. The molecule has 1 heterocycles. The van der Waals surface area contributed by atoms with E-state index < -0.39 is 6.55 Å². The first-order valence-electron chi connectivity index (χ1n) is 5.51. The molecule has 16 heavy (non-hydrogen) atoms. The minimum absolute atomic E-state index is 0.0480. The first-order valence-corrected chi connectivity index (χ1v) is 5.51. The standard InChI is InChI=1S/C11H19F2N3/c1-4-5-11(2,3)15-8-9-14-6-7-16(9)10(12)13/h6-7,10,15H,4-5,8H2,1-3H3. The maximum Gasteiger partial charge on any atom is 0.319 e. The molecule has 0 aromatic carbocycles. The monoisotopic (exact) mass is 231 g/mol. The van der Waals surface area contributed by atoms with Crippen molar-refractivity contribution >= 4 is 0 Å². The van der Waals surface area contributed by atoms with Crippen LogP contribution in [0.15, 0.2) is 12.4 Å². The third-order valence-corrected chi connectivity index (χ3v) is 2.56. The topological polar surface area (TPSA) is 29.9 Å². The van der Waals surface area contributed by atoms with Gasteiger partial charge in [-0.05, 0) is 20.3 Å². The molecule has 1 N–H and O–H groups in total. The Morgan fingerprint density at radius 1 is 1.50 bits per heavy atom. The summed E-state index contributed by atoms with van der Waals surface area (Å²) < 4.78 is 25.9. The van der Waals surface area contributed by atoms with Crippen molar-refractivity contribution in [3.8, 4) is 0 Å². The van der Waals surface area contributed by atoms with Crippen LogP contribution in [0.25, 0.3) is 0 Å². The number of nitrogens with zero attached hydrogens (tertiary/aromatic N) is 2. The van der Waals surface area contributed by atoms with E-state index in [0.29, 0.717) is 12.4 Å². The number of aromatic nitrogens is 2. The van der Waals surface area contributed by atoms with Gasteiger partial charge in [-0.2, -0.15) is 8.78 Å². The van der Waals surface area contributed by atoms with Crippen LogP contribution in [0.1, 0.15) is 46.0 Å². The number of hydrogen-bond acceptors (Lipinski definition) is 2. The molecule has 92 valence electrons. The Hall–Kier alpha value is -0.970. The molecule has 0 aliphatic rings. The van der Waals surface area contributed by atoms with Crippen LogP contribution < -0.4 is 5.32 Å². The molecule has 1 aromatic rings. The summed E-state index contributed by atoms with van der Waals surface area (Å²) in [5.74, 6) is 0.374. The van der Waals surface area contributed by atoms with E-state index in [0.717, 1.165) is 17.4 Å². The zero-order valence-electron chi connectivity index (χ0n) is 10.0. The van der Waals surface area contributed by atoms with E-state index in [1.165, 1.54) is 12.4 Å². The van der Waals surface area contributed by atoms with Crippen molar-refractivity contribution in [1.82, 2.24) is 14.9 Å². The third-order valence-electron chi connectivity index (χ3n) is 2.56. The molecule has 3 nitrogen and oxygen atoms in total. The molecular weight excluding hydrogens is 212 g/mol. The number of hydrogen-bond donors (Lipinski definition) is 1. The van der Waals surface area contributed by atoms with Crippen LogP contribution in [-0.4, -0.2) is 15.1 Å². The Morgan fingerprint density at radius 2 is 2.19 bits per heavy atom. The summed E-state index contributed by atoms with van der Waals surface area (Å²) >= 11 is 0. The molecule has 1 rings (SSSR count). The van der Waals surface area contributed by atoms with Crippen LogP contribution in [0.2, 0.25) is 0 Å². The Kier molecular flexibility index (Phi) is 4.41. The first kappa shape index (κ1) is 13.1. The highest BCUT2D eigenvalue weighted by Crippen LogP contribution is 2.15. The Morgan fingerprint density at radius 3 is 2.75 bits per heavy atom. The largest absolute Gasteiger partial charge is 0.319 e. The van der Waals surface area contributed by atoms with E-state index in [1.54, 1.807) is 0 Å². The minimum atomic E-state index is -2.52. The number of nitrogens with one attached hydrogen (secondary N) is 1. The lowest BCUT2D eigenvalue weighted by molar-refractivity contribution is 0.0661. The van der Waals surface area contributed by atoms with Gasteiger partial charge in [-0.15, -0.1) is 0 Å². The molecule has 0 radical (unpaired) electrons. The van der Waals surface area contributed by atoms with E-state index in [9.17, 15) is 8.78 Å². The minimum Gasteiger partial charge on any atom is -0.305 e. The summed E-state index contributed by atoms with van der Waals surface area (Å²) in [5, 5.41) is 3.24. The lowest BCUT2D eigenvalue weighted by Crippen LogP contribution is -2.39. The SMILES string of the molecule is CCCC(C)(C)NCc1nccn1C(F)F. The van der Waals surface area contributed by atoms with Crippen LogP contribution in [0.3, 0.4) is 0 Å². The lowest BCUT2D eigenvalue weighted by atomic mass is 9.99. The van der Waals surface area contributed by atoms with Gasteiger partial charge in [0.15, 0.2) is 0 Å². The van der Waals surface area contributed by atoms with Crippen LogP contribution in [-0.2, 0) is 6.54 Å². The molecule has 0 saturated carbocycles. The first-order chi connectivity index (χ1) is 7.46.